The maximum atomic E-state index is 12.0. The van der Waals surface area contributed by atoms with Crippen LogP contribution in [0.15, 0.2) is 29.8 Å². The molecule has 2 rings (SSSR count). The molecule has 19 heavy (non-hydrogen) atoms. The Bertz CT molecular complexity index is 451. The van der Waals surface area contributed by atoms with E-state index in [4.69, 9.17) is 0 Å². The Morgan fingerprint density at radius 2 is 1.74 bits per heavy atom. The number of aryl methyl sites for hydroxylation is 1. The molecule has 1 fully saturated rings. The lowest BCUT2D eigenvalue weighted by Crippen LogP contribution is -2.07. The van der Waals surface area contributed by atoms with E-state index in [9.17, 15) is 18.3 Å². The highest BCUT2D eigenvalue weighted by Crippen LogP contribution is 2.32. The van der Waals surface area contributed by atoms with Crippen molar-refractivity contribution in [2.45, 2.75) is 44.7 Å². The Morgan fingerprint density at radius 1 is 1.11 bits per heavy atom. The van der Waals surface area contributed by atoms with Gasteiger partial charge in [-0.15, -0.1) is 0 Å². The predicted octanol–water partition coefficient (Wildman–Crippen LogP) is 5.02. The van der Waals surface area contributed by atoms with Crippen molar-refractivity contribution < 1.29 is 18.3 Å². The third-order valence-corrected chi connectivity index (χ3v) is 3.45. The van der Waals surface area contributed by atoms with Gasteiger partial charge in [-0.3, -0.25) is 0 Å². The van der Waals surface area contributed by atoms with Crippen molar-refractivity contribution in [1.82, 2.24) is 0 Å². The molecule has 1 N–H and O–H groups in total. The molecule has 0 unspecified atom stereocenters. The Morgan fingerprint density at radius 3 is 2.21 bits per heavy atom. The molecule has 0 amide bonds. The molecule has 104 valence electrons. The van der Waals surface area contributed by atoms with Gasteiger partial charge in [-0.2, -0.15) is 13.2 Å². The van der Waals surface area contributed by atoms with Gasteiger partial charge in [0.15, 0.2) is 0 Å². The summed E-state index contributed by atoms with van der Waals surface area (Å²) in [5.41, 5.74) is 2.71. The largest absolute Gasteiger partial charge is 0.507 e. The zero-order chi connectivity index (χ0) is 13.9. The van der Waals surface area contributed by atoms with Crippen LogP contribution in [0.5, 0.6) is 0 Å². The highest BCUT2D eigenvalue weighted by Gasteiger charge is 2.25. The summed E-state index contributed by atoms with van der Waals surface area (Å²) in [7, 11) is 0. The summed E-state index contributed by atoms with van der Waals surface area (Å²) in [4.78, 5) is 0. The van der Waals surface area contributed by atoms with Crippen molar-refractivity contribution in [2.24, 2.45) is 0 Å². The van der Waals surface area contributed by atoms with E-state index in [0.717, 1.165) is 36.0 Å². The molecule has 0 heterocycles. The smallest absolute Gasteiger partial charge is 0.389 e. The third kappa shape index (κ3) is 4.01. The average Bonchev–Trinajstić information content (AvgIpc) is 2.25. The lowest BCUT2D eigenvalue weighted by molar-refractivity contribution is -0.135. The Labute approximate surface area is 110 Å². The van der Waals surface area contributed by atoms with Gasteiger partial charge in [-0.1, -0.05) is 24.3 Å². The second-order valence-corrected chi connectivity index (χ2v) is 4.97. The molecule has 0 aromatic heterocycles. The van der Waals surface area contributed by atoms with Crippen molar-refractivity contribution in [3.8, 4) is 0 Å². The molecule has 1 aromatic rings. The number of allylic oxidation sites excluding steroid dienone is 1. The van der Waals surface area contributed by atoms with Gasteiger partial charge in [0.2, 0.25) is 0 Å². The maximum Gasteiger partial charge on any atom is 0.389 e. The van der Waals surface area contributed by atoms with E-state index in [-0.39, 0.29) is 6.42 Å². The fraction of sp³-hybridized carbons (Fsp3) is 0.467. The zero-order valence-electron chi connectivity index (χ0n) is 10.6. The second-order valence-electron chi connectivity index (χ2n) is 4.97. The fourth-order valence-corrected chi connectivity index (χ4v) is 2.12. The van der Waals surface area contributed by atoms with Crippen LogP contribution in [0, 0.1) is 0 Å². The van der Waals surface area contributed by atoms with Gasteiger partial charge < -0.3 is 5.11 Å². The first-order valence-corrected chi connectivity index (χ1v) is 6.53. The standard InChI is InChI=1S/C15H17F3O/c16-15(17,18)10-2-3-11-6-8-13(9-7-11)14(19)12-4-1-5-12/h6-9,19H,1-5,10H2. The molecule has 0 aliphatic heterocycles. The minimum Gasteiger partial charge on any atom is -0.507 e. The number of alkyl halides is 3. The van der Waals surface area contributed by atoms with E-state index >= 15 is 0 Å². The molecular formula is C15H17F3O. The van der Waals surface area contributed by atoms with Gasteiger partial charge in [-0.05, 0) is 43.2 Å². The van der Waals surface area contributed by atoms with E-state index in [0.29, 0.717) is 12.2 Å². The predicted molar refractivity (Wildman–Crippen MR) is 68.8 cm³/mol. The van der Waals surface area contributed by atoms with Gasteiger partial charge in [0, 0.05) is 12.0 Å². The van der Waals surface area contributed by atoms with Gasteiger partial charge in [-0.25, -0.2) is 0 Å². The molecular weight excluding hydrogens is 253 g/mol. The van der Waals surface area contributed by atoms with E-state index in [1.165, 1.54) is 0 Å². The number of rotatable bonds is 4. The van der Waals surface area contributed by atoms with Crippen LogP contribution in [0.3, 0.4) is 0 Å². The quantitative estimate of drug-likeness (QED) is 0.761. The normalized spacial score (nSPS) is 15.2. The fourth-order valence-electron chi connectivity index (χ4n) is 2.12. The lowest BCUT2D eigenvalue weighted by atomic mass is 9.89. The Kier molecular flexibility index (Phi) is 4.17. The summed E-state index contributed by atoms with van der Waals surface area (Å²) in [5, 5.41) is 9.94. The summed E-state index contributed by atoms with van der Waals surface area (Å²) in [6.45, 7) is 0. The summed E-state index contributed by atoms with van der Waals surface area (Å²) < 4.78 is 36.1. The molecule has 1 nitrogen and oxygen atoms in total. The van der Waals surface area contributed by atoms with Crippen LogP contribution in [-0.2, 0) is 6.42 Å². The van der Waals surface area contributed by atoms with Crippen LogP contribution in [0.2, 0.25) is 0 Å². The monoisotopic (exact) mass is 270 g/mol. The van der Waals surface area contributed by atoms with Crippen molar-refractivity contribution in [3.05, 3.63) is 41.0 Å². The van der Waals surface area contributed by atoms with Gasteiger partial charge in [0.05, 0.1) is 0 Å². The van der Waals surface area contributed by atoms with E-state index < -0.39 is 12.6 Å². The van der Waals surface area contributed by atoms with Crippen LogP contribution in [0.1, 0.15) is 43.2 Å². The van der Waals surface area contributed by atoms with Gasteiger partial charge >= 0.3 is 6.18 Å². The number of hydrogen-bond donors (Lipinski definition) is 1. The van der Waals surface area contributed by atoms with Crippen LogP contribution in [0.25, 0.3) is 5.76 Å². The lowest BCUT2D eigenvalue weighted by Gasteiger charge is -2.18. The average molecular weight is 270 g/mol. The number of benzene rings is 1. The first kappa shape index (κ1) is 14.0. The van der Waals surface area contributed by atoms with Crippen LogP contribution < -0.4 is 0 Å². The number of halogens is 3. The van der Waals surface area contributed by atoms with E-state index in [1.807, 2.05) is 0 Å². The summed E-state index contributed by atoms with van der Waals surface area (Å²) in [6.07, 6.45) is -1.29. The second kappa shape index (κ2) is 5.68. The number of hydrogen-bond acceptors (Lipinski definition) is 1. The van der Waals surface area contributed by atoms with Gasteiger partial charge in [0.25, 0.3) is 0 Å². The zero-order valence-corrected chi connectivity index (χ0v) is 10.6. The maximum absolute atomic E-state index is 12.0. The topological polar surface area (TPSA) is 20.2 Å². The highest BCUT2D eigenvalue weighted by atomic mass is 19.4. The molecule has 1 saturated carbocycles. The number of aliphatic hydroxyl groups is 1. The molecule has 4 heteroatoms. The van der Waals surface area contributed by atoms with E-state index in [2.05, 4.69) is 0 Å². The highest BCUT2D eigenvalue weighted by molar-refractivity contribution is 5.63. The SMILES string of the molecule is OC(=C1CCC1)c1ccc(CCCC(F)(F)F)cc1. The first-order chi connectivity index (χ1) is 8.96. The van der Waals surface area contributed by atoms with E-state index in [1.54, 1.807) is 24.3 Å². The van der Waals surface area contributed by atoms with Crippen molar-refractivity contribution in [3.63, 3.8) is 0 Å². The molecule has 1 aliphatic carbocycles. The van der Waals surface area contributed by atoms with Gasteiger partial charge in [0.1, 0.15) is 5.76 Å². The molecule has 0 atom stereocenters. The molecule has 0 bridgehead atoms. The van der Waals surface area contributed by atoms with Crippen molar-refractivity contribution >= 4 is 5.76 Å². The van der Waals surface area contributed by atoms with Crippen LogP contribution in [-0.4, -0.2) is 11.3 Å². The van der Waals surface area contributed by atoms with Crippen LogP contribution >= 0.6 is 0 Å². The number of aliphatic hydroxyl groups excluding tert-OH is 1. The summed E-state index contributed by atoms with van der Waals surface area (Å²) >= 11 is 0. The van der Waals surface area contributed by atoms with Crippen LogP contribution in [0.4, 0.5) is 13.2 Å². The third-order valence-electron chi connectivity index (χ3n) is 3.45. The molecule has 0 radical (unpaired) electrons. The molecule has 0 saturated heterocycles. The van der Waals surface area contributed by atoms with Crippen molar-refractivity contribution in [1.29, 1.82) is 0 Å². The molecule has 1 aliphatic rings. The first-order valence-electron chi connectivity index (χ1n) is 6.53. The summed E-state index contributed by atoms with van der Waals surface area (Å²) in [6, 6.07) is 7.15. The Hall–Kier alpha value is -1.45. The molecule has 0 spiro atoms. The molecule has 1 aromatic carbocycles. The minimum atomic E-state index is -4.08. The van der Waals surface area contributed by atoms with Crippen molar-refractivity contribution in [2.75, 3.05) is 0 Å². The Balaban J connectivity index is 1.91. The summed E-state index contributed by atoms with van der Waals surface area (Å²) in [5.74, 6) is 0.341. The minimum absolute atomic E-state index is 0.107.